The van der Waals surface area contributed by atoms with Crippen molar-refractivity contribution in [1.29, 1.82) is 5.26 Å². The van der Waals surface area contributed by atoms with Gasteiger partial charge in [-0.1, -0.05) is 5.16 Å². The van der Waals surface area contributed by atoms with Crippen LogP contribution in [0.3, 0.4) is 0 Å². The largest absolute Gasteiger partial charge is 0.384 e. The van der Waals surface area contributed by atoms with Crippen LogP contribution in [0.5, 0.6) is 0 Å². The normalized spacial score (nSPS) is 15.4. The molecule has 1 saturated heterocycles. The van der Waals surface area contributed by atoms with Gasteiger partial charge in [0.15, 0.2) is 11.5 Å². The van der Waals surface area contributed by atoms with E-state index in [2.05, 4.69) is 25.0 Å². The number of methoxy groups -OCH3 is 1. The van der Waals surface area contributed by atoms with Crippen molar-refractivity contribution in [3.05, 3.63) is 29.8 Å². The molecule has 126 valence electrons. The number of nitriles is 1. The second kappa shape index (κ2) is 7.84. The van der Waals surface area contributed by atoms with Crippen LogP contribution < -0.4 is 4.90 Å². The molecule has 0 atom stereocenters. The molecule has 8 heteroatoms. The Morgan fingerprint density at radius 1 is 1.33 bits per heavy atom. The molecular formula is C16H20N6O2. The van der Waals surface area contributed by atoms with Gasteiger partial charge in [0.1, 0.15) is 11.9 Å². The Morgan fingerprint density at radius 2 is 2.17 bits per heavy atom. The lowest BCUT2D eigenvalue weighted by molar-refractivity contribution is 0.199. The van der Waals surface area contributed by atoms with Crippen molar-refractivity contribution in [3.8, 4) is 6.07 Å². The molecule has 0 amide bonds. The lowest BCUT2D eigenvalue weighted by Crippen LogP contribution is -2.35. The van der Waals surface area contributed by atoms with Crippen LogP contribution in [-0.2, 0) is 17.6 Å². The van der Waals surface area contributed by atoms with Crippen molar-refractivity contribution in [1.82, 2.24) is 20.1 Å². The molecule has 0 unspecified atom stereocenters. The summed E-state index contributed by atoms with van der Waals surface area (Å²) in [5.74, 6) is 2.77. The molecule has 1 fully saturated rings. The predicted octanol–water partition coefficient (Wildman–Crippen LogP) is 1.38. The van der Waals surface area contributed by atoms with E-state index >= 15 is 0 Å². The number of piperidine rings is 1. The first-order valence-corrected chi connectivity index (χ1v) is 8.06. The SMILES string of the molecule is COCCc1noc(CC2CCN(c3cnc(C#N)cn3)CC2)n1. The van der Waals surface area contributed by atoms with Crippen molar-refractivity contribution >= 4 is 5.82 Å². The van der Waals surface area contributed by atoms with Crippen LogP contribution in [0.15, 0.2) is 16.9 Å². The monoisotopic (exact) mass is 328 g/mol. The predicted molar refractivity (Wildman–Crippen MR) is 85.3 cm³/mol. The maximum atomic E-state index is 8.77. The van der Waals surface area contributed by atoms with Gasteiger partial charge in [0.2, 0.25) is 5.89 Å². The smallest absolute Gasteiger partial charge is 0.226 e. The third-order valence-corrected chi connectivity index (χ3v) is 4.19. The summed E-state index contributed by atoms with van der Waals surface area (Å²) in [5.41, 5.74) is 0.342. The highest BCUT2D eigenvalue weighted by Gasteiger charge is 2.22. The van der Waals surface area contributed by atoms with Gasteiger partial charge in [-0.3, -0.25) is 0 Å². The molecule has 24 heavy (non-hydrogen) atoms. The summed E-state index contributed by atoms with van der Waals surface area (Å²) in [7, 11) is 1.66. The summed E-state index contributed by atoms with van der Waals surface area (Å²) in [6, 6.07) is 1.98. The Hall–Kier alpha value is -2.53. The van der Waals surface area contributed by atoms with E-state index in [0.29, 0.717) is 36.4 Å². The van der Waals surface area contributed by atoms with Crippen molar-refractivity contribution in [2.24, 2.45) is 5.92 Å². The van der Waals surface area contributed by atoms with E-state index in [9.17, 15) is 0 Å². The molecule has 0 aromatic carbocycles. The van der Waals surface area contributed by atoms with E-state index in [1.165, 1.54) is 6.20 Å². The highest BCUT2D eigenvalue weighted by Crippen LogP contribution is 2.24. The van der Waals surface area contributed by atoms with Crippen LogP contribution in [0.25, 0.3) is 0 Å². The molecule has 8 nitrogen and oxygen atoms in total. The van der Waals surface area contributed by atoms with Gasteiger partial charge >= 0.3 is 0 Å². The molecule has 0 bridgehead atoms. The van der Waals surface area contributed by atoms with Gasteiger partial charge in [0, 0.05) is 33.0 Å². The van der Waals surface area contributed by atoms with Gasteiger partial charge in [-0.15, -0.1) is 0 Å². The quantitative estimate of drug-likeness (QED) is 0.784. The lowest BCUT2D eigenvalue weighted by Gasteiger charge is -2.31. The van der Waals surface area contributed by atoms with Gasteiger partial charge < -0.3 is 14.2 Å². The minimum absolute atomic E-state index is 0.342. The van der Waals surface area contributed by atoms with Crippen LogP contribution in [0, 0.1) is 17.2 Å². The fourth-order valence-electron chi connectivity index (χ4n) is 2.82. The summed E-state index contributed by atoms with van der Waals surface area (Å²) >= 11 is 0. The topological polar surface area (TPSA) is 101 Å². The summed E-state index contributed by atoms with van der Waals surface area (Å²) in [6.07, 6.45) is 6.75. The standard InChI is InChI=1S/C16H20N6O2/c1-23-7-4-14-20-16(24-21-14)8-12-2-5-22(6-3-12)15-11-18-13(9-17)10-19-15/h10-12H,2-8H2,1H3. The number of ether oxygens (including phenoxy) is 1. The number of rotatable bonds is 6. The lowest BCUT2D eigenvalue weighted by atomic mass is 9.93. The second-order valence-electron chi connectivity index (χ2n) is 5.85. The molecule has 2 aromatic heterocycles. The van der Waals surface area contributed by atoms with Gasteiger partial charge in [0.05, 0.1) is 19.0 Å². The van der Waals surface area contributed by atoms with E-state index < -0.39 is 0 Å². The number of hydrogen-bond donors (Lipinski definition) is 0. The second-order valence-corrected chi connectivity index (χ2v) is 5.85. The Balaban J connectivity index is 1.49. The molecule has 0 saturated carbocycles. The minimum Gasteiger partial charge on any atom is -0.384 e. The maximum absolute atomic E-state index is 8.77. The van der Waals surface area contributed by atoms with Gasteiger partial charge in [-0.25, -0.2) is 9.97 Å². The van der Waals surface area contributed by atoms with Gasteiger partial charge in [-0.2, -0.15) is 10.2 Å². The molecule has 0 aliphatic carbocycles. The molecule has 0 N–H and O–H groups in total. The van der Waals surface area contributed by atoms with E-state index in [1.807, 2.05) is 6.07 Å². The summed E-state index contributed by atoms with van der Waals surface area (Å²) in [5, 5.41) is 12.7. The Labute approximate surface area is 140 Å². The van der Waals surface area contributed by atoms with Gasteiger partial charge in [-0.05, 0) is 18.8 Å². The third-order valence-electron chi connectivity index (χ3n) is 4.19. The van der Waals surface area contributed by atoms with Gasteiger partial charge in [0.25, 0.3) is 0 Å². The molecule has 1 aliphatic heterocycles. The Bertz CT molecular complexity index is 685. The van der Waals surface area contributed by atoms with Crippen molar-refractivity contribution in [3.63, 3.8) is 0 Å². The van der Waals surface area contributed by atoms with E-state index in [0.717, 1.165) is 38.2 Å². The molecule has 0 spiro atoms. The molecular weight excluding hydrogens is 308 g/mol. The van der Waals surface area contributed by atoms with E-state index in [-0.39, 0.29) is 0 Å². The van der Waals surface area contributed by atoms with Crippen LogP contribution in [0.4, 0.5) is 5.82 Å². The Kier molecular flexibility index (Phi) is 5.33. The summed E-state index contributed by atoms with van der Waals surface area (Å²) in [6.45, 7) is 2.43. The zero-order valence-corrected chi connectivity index (χ0v) is 13.7. The highest BCUT2D eigenvalue weighted by molar-refractivity contribution is 5.37. The van der Waals surface area contributed by atoms with Crippen LogP contribution in [-0.4, -0.2) is 46.9 Å². The molecule has 3 rings (SSSR count). The molecule has 1 aliphatic rings. The average Bonchev–Trinajstić information content (AvgIpc) is 3.08. The average molecular weight is 328 g/mol. The van der Waals surface area contributed by atoms with E-state index in [4.69, 9.17) is 14.5 Å². The highest BCUT2D eigenvalue weighted by atomic mass is 16.5. The minimum atomic E-state index is 0.342. The zero-order valence-electron chi connectivity index (χ0n) is 13.7. The summed E-state index contributed by atoms with van der Waals surface area (Å²) < 4.78 is 10.3. The molecule has 2 aromatic rings. The zero-order chi connectivity index (χ0) is 16.8. The van der Waals surface area contributed by atoms with Crippen molar-refractivity contribution in [2.45, 2.75) is 25.7 Å². The third kappa shape index (κ3) is 4.06. The number of aromatic nitrogens is 4. The first-order valence-electron chi connectivity index (χ1n) is 8.06. The number of hydrogen-bond acceptors (Lipinski definition) is 8. The van der Waals surface area contributed by atoms with E-state index in [1.54, 1.807) is 13.3 Å². The number of anilines is 1. The van der Waals surface area contributed by atoms with Crippen LogP contribution in [0.2, 0.25) is 0 Å². The number of nitrogens with zero attached hydrogens (tertiary/aromatic N) is 6. The van der Waals surface area contributed by atoms with Crippen LogP contribution in [0.1, 0.15) is 30.3 Å². The summed E-state index contributed by atoms with van der Waals surface area (Å²) in [4.78, 5) is 15.0. The molecule has 0 radical (unpaired) electrons. The Morgan fingerprint density at radius 3 is 2.83 bits per heavy atom. The maximum Gasteiger partial charge on any atom is 0.226 e. The first kappa shape index (κ1) is 16.3. The molecule has 3 heterocycles. The fourth-order valence-corrected chi connectivity index (χ4v) is 2.82. The van der Waals surface area contributed by atoms with Crippen LogP contribution >= 0.6 is 0 Å². The van der Waals surface area contributed by atoms with Crippen molar-refractivity contribution in [2.75, 3.05) is 31.7 Å². The first-order chi connectivity index (χ1) is 11.8. The fraction of sp³-hybridized carbons (Fsp3) is 0.562. The van der Waals surface area contributed by atoms with Crippen molar-refractivity contribution < 1.29 is 9.26 Å².